The van der Waals surface area contributed by atoms with Gasteiger partial charge in [0.1, 0.15) is 0 Å². The van der Waals surface area contributed by atoms with Crippen LogP contribution in [-0.4, -0.2) is 46.4 Å². The molecule has 0 aliphatic rings. The minimum atomic E-state index is -3.62. The number of ether oxygens (including phenoxy) is 1. The Morgan fingerprint density at radius 2 is 2.00 bits per heavy atom. The van der Waals surface area contributed by atoms with Gasteiger partial charge in [0.05, 0.1) is 7.11 Å². The molecule has 90 valence electrons. The molecule has 0 aliphatic heterocycles. The number of likely N-dealkylation sites (N-methyl/N-ethyl adjacent to an activating group) is 1. The molecule has 2 N–H and O–H groups in total. The number of hydrogen-bond acceptors (Lipinski definition) is 5. The standard InChI is InChI=1S/C8H18N2O4S/c1-4-9-5-6-10-15(12,13)7(2)8(11)14-3/h7,9-10H,4-6H2,1-3H3. The van der Waals surface area contributed by atoms with E-state index in [1.54, 1.807) is 0 Å². The summed E-state index contributed by atoms with van der Waals surface area (Å²) >= 11 is 0. The van der Waals surface area contributed by atoms with E-state index in [0.29, 0.717) is 6.54 Å². The van der Waals surface area contributed by atoms with Crippen LogP contribution in [0.1, 0.15) is 13.8 Å². The van der Waals surface area contributed by atoms with Crippen molar-refractivity contribution in [2.45, 2.75) is 19.1 Å². The smallest absolute Gasteiger partial charge is 0.325 e. The summed E-state index contributed by atoms with van der Waals surface area (Å²) in [6.07, 6.45) is 0. The Morgan fingerprint density at radius 1 is 1.40 bits per heavy atom. The number of esters is 1. The maximum absolute atomic E-state index is 11.5. The summed E-state index contributed by atoms with van der Waals surface area (Å²) < 4.78 is 29.6. The van der Waals surface area contributed by atoms with Crippen LogP contribution in [0.3, 0.4) is 0 Å². The number of nitrogens with one attached hydrogen (secondary N) is 2. The SMILES string of the molecule is CCNCCNS(=O)(=O)C(C)C(=O)OC. The summed E-state index contributed by atoms with van der Waals surface area (Å²) in [7, 11) is -2.46. The number of rotatable bonds is 7. The predicted molar refractivity (Wildman–Crippen MR) is 56.9 cm³/mol. The van der Waals surface area contributed by atoms with Gasteiger partial charge in [-0.1, -0.05) is 6.92 Å². The third-order valence-corrected chi connectivity index (χ3v) is 3.58. The first-order valence-corrected chi connectivity index (χ1v) is 6.27. The van der Waals surface area contributed by atoms with E-state index in [4.69, 9.17) is 0 Å². The quantitative estimate of drug-likeness (QED) is 0.442. The lowest BCUT2D eigenvalue weighted by Crippen LogP contribution is -2.40. The van der Waals surface area contributed by atoms with Crippen molar-refractivity contribution >= 4 is 16.0 Å². The van der Waals surface area contributed by atoms with Crippen molar-refractivity contribution in [2.75, 3.05) is 26.7 Å². The molecule has 0 aliphatic carbocycles. The Labute approximate surface area is 90.4 Å². The Hall–Kier alpha value is -0.660. The second-order valence-electron chi connectivity index (χ2n) is 2.96. The highest BCUT2D eigenvalue weighted by Crippen LogP contribution is 1.99. The molecule has 0 rings (SSSR count). The lowest BCUT2D eigenvalue weighted by Gasteiger charge is -2.11. The van der Waals surface area contributed by atoms with Gasteiger partial charge in [0.15, 0.2) is 5.25 Å². The molecule has 6 nitrogen and oxygen atoms in total. The van der Waals surface area contributed by atoms with E-state index < -0.39 is 21.2 Å². The van der Waals surface area contributed by atoms with E-state index >= 15 is 0 Å². The van der Waals surface area contributed by atoms with Gasteiger partial charge >= 0.3 is 5.97 Å². The van der Waals surface area contributed by atoms with Gasteiger partial charge in [0, 0.05) is 13.1 Å². The van der Waals surface area contributed by atoms with Crippen LogP contribution in [0.5, 0.6) is 0 Å². The van der Waals surface area contributed by atoms with Crippen LogP contribution in [0, 0.1) is 0 Å². The summed E-state index contributed by atoms with van der Waals surface area (Å²) in [5.41, 5.74) is 0. The molecule has 0 spiro atoms. The first kappa shape index (κ1) is 14.3. The average Bonchev–Trinajstić information content (AvgIpc) is 2.22. The lowest BCUT2D eigenvalue weighted by molar-refractivity contribution is -0.139. The number of hydrogen-bond donors (Lipinski definition) is 2. The van der Waals surface area contributed by atoms with Crippen molar-refractivity contribution in [3.05, 3.63) is 0 Å². The highest BCUT2D eigenvalue weighted by molar-refractivity contribution is 7.90. The zero-order valence-corrected chi connectivity index (χ0v) is 10.1. The molecule has 0 saturated carbocycles. The molecule has 0 fully saturated rings. The average molecular weight is 238 g/mol. The van der Waals surface area contributed by atoms with Crippen molar-refractivity contribution in [3.63, 3.8) is 0 Å². The van der Waals surface area contributed by atoms with Crippen LogP contribution in [0.25, 0.3) is 0 Å². The first-order chi connectivity index (χ1) is 6.95. The molecule has 0 radical (unpaired) electrons. The molecule has 0 aromatic rings. The molecule has 0 aromatic carbocycles. The molecule has 7 heteroatoms. The fourth-order valence-corrected chi connectivity index (χ4v) is 1.86. The molecule has 0 amide bonds. The minimum absolute atomic E-state index is 0.261. The minimum Gasteiger partial charge on any atom is -0.468 e. The maximum Gasteiger partial charge on any atom is 0.325 e. The molecule has 0 bridgehead atoms. The van der Waals surface area contributed by atoms with Crippen LogP contribution in [0.15, 0.2) is 0 Å². The van der Waals surface area contributed by atoms with E-state index in [0.717, 1.165) is 13.7 Å². The summed E-state index contributed by atoms with van der Waals surface area (Å²) in [6, 6.07) is 0. The molecule has 1 unspecified atom stereocenters. The molecule has 15 heavy (non-hydrogen) atoms. The fourth-order valence-electron chi connectivity index (χ4n) is 0.876. The molecule has 1 atom stereocenters. The largest absolute Gasteiger partial charge is 0.468 e. The van der Waals surface area contributed by atoms with Crippen molar-refractivity contribution in [3.8, 4) is 0 Å². The van der Waals surface area contributed by atoms with Gasteiger partial charge in [0.25, 0.3) is 0 Å². The predicted octanol–water partition coefficient (Wildman–Crippen LogP) is -0.923. The van der Waals surface area contributed by atoms with Gasteiger partial charge in [-0.15, -0.1) is 0 Å². The van der Waals surface area contributed by atoms with Gasteiger partial charge in [-0.05, 0) is 13.5 Å². The van der Waals surface area contributed by atoms with Crippen molar-refractivity contribution < 1.29 is 17.9 Å². The van der Waals surface area contributed by atoms with E-state index in [1.807, 2.05) is 6.92 Å². The highest BCUT2D eigenvalue weighted by atomic mass is 32.2. The molecule has 0 saturated heterocycles. The molecule has 0 aromatic heterocycles. The maximum atomic E-state index is 11.5. The number of sulfonamides is 1. The number of carbonyl (C=O) groups is 1. The molecule has 0 heterocycles. The Balaban J connectivity index is 4.12. The van der Waals surface area contributed by atoms with Crippen LogP contribution < -0.4 is 10.0 Å². The van der Waals surface area contributed by atoms with Gasteiger partial charge in [-0.2, -0.15) is 0 Å². The van der Waals surface area contributed by atoms with Crippen molar-refractivity contribution in [1.82, 2.24) is 10.0 Å². The van der Waals surface area contributed by atoms with Crippen LogP contribution >= 0.6 is 0 Å². The summed E-state index contributed by atoms with van der Waals surface area (Å²) in [4.78, 5) is 11.0. The number of methoxy groups -OCH3 is 1. The van der Waals surface area contributed by atoms with Crippen LogP contribution in [0.4, 0.5) is 0 Å². The zero-order valence-electron chi connectivity index (χ0n) is 9.24. The molecular weight excluding hydrogens is 220 g/mol. The van der Waals surface area contributed by atoms with Gasteiger partial charge in [0.2, 0.25) is 10.0 Å². The number of carbonyl (C=O) groups excluding carboxylic acids is 1. The van der Waals surface area contributed by atoms with Crippen LogP contribution in [0.2, 0.25) is 0 Å². The summed E-state index contributed by atoms with van der Waals surface area (Å²) in [6.45, 7) is 4.78. The highest BCUT2D eigenvalue weighted by Gasteiger charge is 2.27. The lowest BCUT2D eigenvalue weighted by atomic mass is 10.5. The normalized spacial score (nSPS) is 13.5. The third-order valence-electron chi connectivity index (χ3n) is 1.85. The van der Waals surface area contributed by atoms with Gasteiger partial charge < -0.3 is 10.1 Å². The van der Waals surface area contributed by atoms with Crippen LogP contribution in [-0.2, 0) is 19.6 Å². The second-order valence-corrected chi connectivity index (χ2v) is 5.04. The summed E-state index contributed by atoms with van der Waals surface area (Å²) in [5.74, 6) is -0.758. The Bertz CT molecular complexity index is 289. The first-order valence-electron chi connectivity index (χ1n) is 4.72. The van der Waals surface area contributed by atoms with E-state index in [1.165, 1.54) is 6.92 Å². The van der Waals surface area contributed by atoms with E-state index in [9.17, 15) is 13.2 Å². The summed E-state index contributed by atoms with van der Waals surface area (Å²) in [5, 5.41) is 1.78. The third kappa shape index (κ3) is 5.10. The Kier molecular flexibility index (Phi) is 6.46. The van der Waals surface area contributed by atoms with Crippen molar-refractivity contribution in [2.24, 2.45) is 0 Å². The van der Waals surface area contributed by atoms with E-state index in [2.05, 4.69) is 14.8 Å². The molecular formula is C8H18N2O4S. The van der Waals surface area contributed by atoms with Gasteiger partial charge in [-0.25, -0.2) is 13.1 Å². The van der Waals surface area contributed by atoms with Crippen molar-refractivity contribution in [1.29, 1.82) is 0 Å². The Morgan fingerprint density at radius 3 is 2.47 bits per heavy atom. The second kappa shape index (κ2) is 6.76. The topological polar surface area (TPSA) is 84.5 Å². The monoisotopic (exact) mass is 238 g/mol. The zero-order chi connectivity index (χ0) is 11.9. The fraction of sp³-hybridized carbons (Fsp3) is 0.875. The van der Waals surface area contributed by atoms with E-state index in [-0.39, 0.29) is 6.54 Å². The van der Waals surface area contributed by atoms with Gasteiger partial charge in [-0.3, -0.25) is 4.79 Å².